The number of hydrogen-bond acceptors (Lipinski definition) is 1. The Balaban J connectivity index is 1.45. The molecule has 1 heteroatoms. The number of nitrogens with zero attached hydrogens (tertiary/aromatic N) is 1. The lowest BCUT2D eigenvalue weighted by atomic mass is 9.57. The van der Waals surface area contributed by atoms with Crippen LogP contribution in [0.15, 0.2) is 0 Å². The summed E-state index contributed by atoms with van der Waals surface area (Å²) in [6.07, 6.45) is 23.6. The van der Waals surface area contributed by atoms with Gasteiger partial charge in [0.15, 0.2) is 0 Å². The van der Waals surface area contributed by atoms with Crippen LogP contribution in [0.3, 0.4) is 0 Å². The van der Waals surface area contributed by atoms with Crippen molar-refractivity contribution in [2.24, 2.45) is 35.0 Å². The van der Waals surface area contributed by atoms with E-state index in [-0.39, 0.29) is 5.41 Å². The average molecular weight is 372 g/mol. The molecule has 0 aliphatic heterocycles. The fourth-order valence-electron chi connectivity index (χ4n) is 7.09. The Bertz CT molecular complexity index is 451. The predicted octanol–water partition coefficient (Wildman–Crippen LogP) is 8.29. The zero-order chi connectivity index (χ0) is 19.1. The molecule has 0 unspecified atom stereocenters. The van der Waals surface area contributed by atoms with Crippen LogP contribution in [0.1, 0.15) is 123 Å². The van der Waals surface area contributed by atoms with E-state index in [0.717, 1.165) is 23.7 Å². The van der Waals surface area contributed by atoms with Gasteiger partial charge in [-0.05, 0) is 81.0 Å². The molecule has 0 spiro atoms. The molecule has 0 aromatic rings. The fourth-order valence-corrected chi connectivity index (χ4v) is 7.09. The predicted molar refractivity (Wildman–Crippen MR) is 115 cm³/mol. The maximum absolute atomic E-state index is 10.1. The fraction of sp³-hybridized carbons (Fsp3) is 0.962. The summed E-state index contributed by atoms with van der Waals surface area (Å²) in [5.74, 6) is 4.62. The zero-order valence-electron chi connectivity index (χ0n) is 18.4. The van der Waals surface area contributed by atoms with E-state index in [1.165, 1.54) is 109 Å². The minimum absolute atomic E-state index is 0.0476. The van der Waals surface area contributed by atoms with Gasteiger partial charge in [-0.3, -0.25) is 0 Å². The van der Waals surface area contributed by atoms with Gasteiger partial charge in [-0.25, -0.2) is 0 Å². The second-order valence-electron chi connectivity index (χ2n) is 10.5. The van der Waals surface area contributed by atoms with Crippen LogP contribution >= 0.6 is 0 Å². The molecular weight excluding hydrogens is 326 g/mol. The maximum Gasteiger partial charge on any atom is 0.0692 e. The van der Waals surface area contributed by atoms with Crippen LogP contribution < -0.4 is 0 Å². The highest BCUT2D eigenvalue weighted by Crippen LogP contribution is 2.52. The van der Waals surface area contributed by atoms with E-state index < -0.39 is 0 Å². The first-order chi connectivity index (χ1) is 13.2. The van der Waals surface area contributed by atoms with Crippen LogP contribution in [0, 0.1) is 46.3 Å². The van der Waals surface area contributed by atoms with E-state index in [2.05, 4.69) is 19.9 Å². The molecule has 0 saturated heterocycles. The molecule has 0 aromatic heterocycles. The van der Waals surface area contributed by atoms with Gasteiger partial charge in [0, 0.05) is 0 Å². The third kappa shape index (κ3) is 5.31. The smallest absolute Gasteiger partial charge is 0.0692 e. The highest BCUT2D eigenvalue weighted by atomic mass is 14.5. The molecule has 0 atom stereocenters. The Morgan fingerprint density at radius 2 is 1.26 bits per heavy atom. The van der Waals surface area contributed by atoms with Gasteiger partial charge < -0.3 is 0 Å². The van der Waals surface area contributed by atoms with Gasteiger partial charge in [0.05, 0.1) is 11.5 Å². The van der Waals surface area contributed by atoms with E-state index in [1.54, 1.807) is 0 Å². The molecule has 0 radical (unpaired) electrons. The highest BCUT2D eigenvalue weighted by molar-refractivity contribution is 5.06. The van der Waals surface area contributed by atoms with Gasteiger partial charge in [0.25, 0.3) is 0 Å². The van der Waals surface area contributed by atoms with Crippen molar-refractivity contribution in [1.82, 2.24) is 0 Å². The van der Waals surface area contributed by atoms with Crippen LogP contribution in [-0.4, -0.2) is 0 Å². The lowest BCUT2D eigenvalue weighted by Gasteiger charge is -2.46. The minimum atomic E-state index is 0.0476. The zero-order valence-corrected chi connectivity index (χ0v) is 18.4. The monoisotopic (exact) mass is 371 g/mol. The van der Waals surface area contributed by atoms with Crippen molar-refractivity contribution in [2.45, 2.75) is 123 Å². The lowest BCUT2D eigenvalue weighted by Crippen LogP contribution is -2.38. The summed E-state index contributed by atoms with van der Waals surface area (Å²) in [4.78, 5) is 0. The van der Waals surface area contributed by atoms with E-state index in [1.807, 2.05) is 0 Å². The Labute approximate surface area is 169 Å². The molecule has 3 aliphatic rings. The van der Waals surface area contributed by atoms with E-state index in [4.69, 9.17) is 0 Å². The van der Waals surface area contributed by atoms with E-state index >= 15 is 0 Å². The molecule has 3 saturated carbocycles. The molecule has 0 aromatic carbocycles. The third-order valence-electron chi connectivity index (χ3n) is 8.99. The van der Waals surface area contributed by atoms with Crippen molar-refractivity contribution < 1.29 is 0 Å². The molecule has 3 fully saturated rings. The Morgan fingerprint density at radius 3 is 1.81 bits per heavy atom. The minimum Gasteiger partial charge on any atom is -0.198 e. The lowest BCUT2D eigenvalue weighted by molar-refractivity contribution is 0.0603. The molecule has 154 valence electrons. The van der Waals surface area contributed by atoms with E-state index in [9.17, 15) is 5.26 Å². The van der Waals surface area contributed by atoms with Gasteiger partial charge in [0.2, 0.25) is 0 Å². The molecule has 0 N–H and O–H groups in total. The van der Waals surface area contributed by atoms with Gasteiger partial charge in [0.1, 0.15) is 0 Å². The first-order valence-electron chi connectivity index (χ1n) is 12.6. The number of unbranched alkanes of at least 4 members (excludes halogenated alkanes) is 1. The molecule has 27 heavy (non-hydrogen) atoms. The van der Waals surface area contributed by atoms with E-state index in [0.29, 0.717) is 5.92 Å². The summed E-state index contributed by atoms with van der Waals surface area (Å²) in [5.41, 5.74) is 0.0476. The molecular formula is C26H45N. The summed E-state index contributed by atoms with van der Waals surface area (Å²) in [5, 5.41) is 10.1. The SMILES string of the molecule is CCCCC1CCC(C2CCC(C#N)(C3CCC(CCC)CC3)CC2)CC1. The first-order valence-corrected chi connectivity index (χ1v) is 12.6. The van der Waals surface area contributed by atoms with Gasteiger partial charge in [-0.2, -0.15) is 5.26 Å². The standard InChI is InChI=1S/C26H45N/c1-3-5-7-22-8-12-23(13-9-22)24-16-18-26(20-27,19-17-24)25-14-10-21(6-4-2)11-15-25/h21-25H,3-19H2,1-2H3. The summed E-state index contributed by atoms with van der Waals surface area (Å²) >= 11 is 0. The number of nitriles is 1. The van der Waals surface area contributed by atoms with Crippen molar-refractivity contribution in [2.75, 3.05) is 0 Å². The second kappa shape index (κ2) is 10.3. The van der Waals surface area contributed by atoms with Crippen LogP contribution in [0.4, 0.5) is 0 Å². The first kappa shape index (κ1) is 21.2. The van der Waals surface area contributed by atoms with Gasteiger partial charge in [-0.1, -0.05) is 71.6 Å². The van der Waals surface area contributed by atoms with Crippen molar-refractivity contribution in [3.8, 4) is 6.07 Å². The summed E-state index contributed by atoms with van der Waals surface area (Å²) < 4.78 is 0. The van der Waals surface area contributed by atoms with Crippen LogP contribution in [0.2, 0.25) is 0 Å². The maximum atomic E-state index is 10.1. The van der Waals surface area contributed by atoms with Crippen molar-refractivity contribution >= 4 is 0 Å². The topological polar surface area (TPSA) is 23.8 Å². The summed E-state index contributed by atoms with van der Waals surface area (Å²) in [6, 6.07) is 2.89. The normalized spacial score (nSPS) is 40.4. The Kier molecular flexibility index (Phi) is 8.10. The van der Waals surface area contributed by atoms with Crippen molar-refractivity contribution in [3.63, 3.8) is 0 Å². The van der Waals surface area contributed by atoms with Crippen LogP contribution in [0.5, 0.6) is 0 Å². The second-order valence-corrected chi connectivity index (χ2v) is 10.5. The van der Waals surface area contributed by atoms with Crippen LogP contribution in [0.25, 0.3) is 0 Å². The van der Waals surface area contributed by atoms with Crippen molar-refractivity contribution in [1.29, 1.82) is 5.26 Å². The number of hydrogen-bond donors (Lipinski definition) is 0. The molecule has 0 heterocycles. The highest BCUT2D eigenvalue weighted by Gasteiger charge is 2.44. The molecule has 3 aliphatic carbocycles. The Hall–Kier alpha value is -0.510. The quantitative estimate of drug-likeness (QED) is 0.441. The Morgan fingerprint density at radius 1 is 0.704 bits per heavy atom. The largest absolute Gasteiger partial charge is 0.198 e. The molecule has 1 nitrogen and oxygen atoms in total. The third-order valence-corrected chi connectivity index (χ3v) is 8.99. The van der Waals surface area contributed by atoms with Crippen molar-refractivity contribution in [3.05, 3.63) is 0 Å². The molecule has 0 bridgehead atoms. The van der Waals surface area contributed by atoms with Crippen LogP contribution in [-0.2, 0) is 0 Å². The van der Waals surface area contributed by atoms with Gasteiger partial charge in [-0.15, -0.1) is 0 Å². The average Bonchev–Trinajstić information content (AvgIpc) is 2.73. The van der Waals surface area contributed by atoms with Gasteiger partial charge >= 0.3 is 0 Å². The molecule has 3 rings (SSSR count). The summed E-state index contributed by atoms with van der Waals surface area (Å²) in [7, 11) is 0. The summed E-state index contributed by atoms with van der Waals surface area (Å²) in [6.45, 7) is 4.65. The number of rotatable bonds is 7. The molecule has 0 amide bonds.